The van der Waals surface area contributed by atoms with Gasteiger partial charge in [0, 0.05) is 10.5 Å². The SMILES string of the molecule is CNC(Cc1ccc(Br)cc1)Cc1cccc(Cl)c1Cl. The third-order valence-corrected chi connectivity index (χ3v) is 4.69. The van der Waals surface area contributed by atoms with Crippen LogP contribution in [0.25, 0.3) is 0 Å². The lowest BCUT2D eigenvalue weighted by atomic mass is 9.99. The van der Waals surface area contributed by atoms with Gasteiger partial charge in [-0.05, 0) is 49.2 Å². The molecule has 2 aromatic carbocycles. The topological polar surface area (TPSA) is 12.0 Å². The first-order valence-electron chi connectivity index (χ1n) is 6.44. The van der Waals surface area contributed by atoms with Crippen LogP contribution in [0.5, 0.6) is 0 Å². The molecule has 2 aromatic rings. The molecule has 0 aromatic heterocycles. The Hall–Kier alpha value is -0.540. The third-order valence-electron chi connectivity index (χ3n) is 3.30. The number of likely N-dealkylation sites (N-methyl/N-ethyl adjacent to an activating group) is 1. The van der Waals surface area contributed by atoms with Crippen LogP contribution < -0.4 is 5.32 Å². The Labute approximate surface area is 138 Å². The summed E-state index contributed by atoms with van der Waals surface area (Å²) in [4.78, 5) is 0. The Bertz CT molecular complexity index is 569. The second kappa shape index (κ2) is 7.46. The van der Waals surface area contributed by atoms with Gasteiger partial charge in [-0.3, -0.25) is 0 Å². The van der Waals surface area contributed by atoms with E-state index in [1.807, 2.05) is 25.2 Å². The van der Waals surface area contributed by atoms with E-state index in [4.69, 9.17) is 23.2 Å². The van der Waals surface area contributed by atoms with Crippen molar-refractivity contribution in [3.05, 3.63) is 68.1 Å². The number of halogens is 3. The van der Waals surface area contributed by atoms with Crippen LogP contribution in [0.3, 0.4) is 0 Å². The van der Waals surface area contributed by atoms with Crippen LogP contribution in [0.15, 0.2) is 46.9 Å². The van der Waals surface area contributed by atoms with Gasteiger partial charge < -0.3 is 5.32 Å². The number of rotatable bonds is 5. The molecule has 0 fully saturated rings. The highest BCUT2D eigenvalue weighted by atomic mass is 79.9. The predicted molar refractivity (Wildman–Crippen MR) is 90.9 cm³/mol. The zero-order valence-electron chi connectivity index (χ0n) is 11.2. The van der Waals surface area contributed by atoms with Crippen LogP contribution in [-0.2, 0) is 12.8 Å². The van der Waals surface area contributed by atoms with E-state index in [0.717, 1.165) is 22.9 Å². The van der Waals surface area contributed by atoms with Gasteiger partial charge in [-0.15, -0.1) is 0 Å². The van der Waals surface area contributed by atoms with E-state index in [-0.39, 0.29) is 0 Å². The molecule has 0 bridgehead atoms. The van der Waals surface area contributed by atoms with Gasteiger partial charge in [-0.25, -0.2) is 0 Å². The van der Waals surface area contributed by atoms with Crippen molar-refractivity contribution in [1.82, 2.24) is 5.32 Å². The highest BCUT2D eigenvalue weighted by Gasteiger charge is 2.12. The Morgan fingerprint density at radius 3 is 2.40 bits per heavy atom. The second-order valence-electron chi connectivity index (χ2n) is 4.73. The van der Waals surface area contributed by atoms with E-state index < -0.39 is 0 Å². The first-order chi connectivity index (χ1) is 9.60. The minimum Gasteiger partial charge on any atom is -0.316 e. The zero-order valence-corrected chi connectivity index (χ0v) is 14.3. The largest absolute Gasteiger partial charge is 0.316 e. The minimum atomic E-state index is 0.326. The highest BCUT2D eigenvalue weighted by Crippen LogP contribution is 2.26. The van der Waals surface area contributed by atoms with Gasteiger partial charge in [-0.1, -0.05) is 63.4 Å². The summed E-state index contributed by atoms with van der Waals surface area (Å²) in [7, 11) is 1.97. The summed E-state index contributed by atoms with van der Waals surface area (Å²) in [5.74, 6) is 0. The van der Waals surface area contributed by atoms with E-state index in [0.29, 0.717) is 16.1 Å². The molecule has 1 N–H and O–H groups in total. The molecule has 2 rings (SSSR count). The summed E-state index contributed by atoms with van der Waals surface area (Å²) >= 11 is 15.8. The Morgan fingerprint density at radius 1 is 1.05 bits per heavy atom. The van der Waals surface area contributed by atoms with E-state index in [1.165, 1.54) is 5.56 Å². The van der Waals surface area contributed by atoms with Gasteiger partial charge in [0.15, 0.2) is 0 Å². The summed E-state index contributed by atoms with van der Waals surface area (Å²) in [6.07, 6.45) is 1.80. The second-order valence-corrected chi connectivity index (χ2v) is 6.43. The minimum absolute atomic E-state index is 0.326. The van der Waals surface area contributed by atoms with E-state index in [1.54, 1.807) is 0 Å². The molecule has 4 heteroatoms. The molecule has 106 valence electrons. The van der Waals surface area contributed by atoms with Crippen molar-refractivity contribution in [2.24, 2.45) is 0 Å². The normalized spacial score (nSPS) is 12.4. The molecule has 0 saturated carbocycles. The van der Waals surface area contributed by atoms with Crippen LogP contribution >= 0.6 is 39.1 Å². The molecule has 20 heavy (non-hydrogen) atoms. The van der Waals surface area contributed by atoms with Gasteiger partial charge >= 0.3 is 0 Å². The number of hydrogen-bond acceptors (Lipinski definition) is 1. The maximum atomic E-state index is 6.25. The summed E-state index contributed by atoms with van der Waals surface area (Å²) < 4.78 is 1.10. The average molecular weight is 373 g/mol. The lowest BCUT2D eigenvalue weighted by molar-refractivity contribution is 0.556. The highest BCUT2D eigenvalue weighted by molar-refractivity contribution is 9.10. The fraction of sp³-hybridized carbons (Fsp3) is 0.250. The lowest BCUT2D eigenvalue weighted by Gasteiger charge is -2.17. The van der Waals surface area contributed by atoms with Gasteiger partial charge in [0.1, 0.15) is 0 Å². The predicted octanol–water partition coefficient (Wildman–Crippen LogP) is 5.13. The molecular formula is C16H16BrCl2N. The molecule has 0 radical (unpaired) electrons. The van der Waals surface area contributed by atoms with Crippen molar-refractivity contribution >= 4 is 39.1 Å². The third kappa shape index (κ3) is 4.23. The molecule has 0 aliphatic heterocycles. The Kier molecular flexibility index (Phi) is 5.91. The van der Waals surface area contributed by atoms with Crippen molar-refractivity contribution in [2.45, 2.75) is 18.9 Å². The van der Waals surface area contributed by atoms with Crippen molar-refractivity contribution in [2.75, 3.05) is 7.05 Å². The van der Waals surface area contributed by atoms with Crippen LogP contribution in [0.2, 0.25) is 10.0 Å². The van der Waals surface area contributed by atoms with Crippen molar-refractivity contribution in [3.8, 4) is 0 Å². The molecule has 1 nitrogen and oxygen atoms in total. The zero-order chi connectivity index (χ0) is 14.5. The van der Waals surface area contributed by atoms with Crippen molar-refractivity contribution < 1.29 is 0 Å². The first kappa shape index (κ1) is 15.8. The van der Waals surface area contributed by atoms with Crippen LogP contribution in [0.4, 0.5) is 0 Å². The van der Waals surface area contributed by atoms with Crippen molar-refractivity contribution in [3.63, 3.8) is 0 Å². The molecule has 0 heterocycles. The maximum absolute atomic E-state index is 6.25. The summed E-state index contributed by atoms with van der Waals surface area (Å²) in [6, 6.07) is 14.5. The molecule has 0 aliphatic rings. The molecule has 0 aliphatic carbocycles. The van der Waals surface area contributed by atoms with Gasteiger partial charge in [-0.2, -0.15) is 0 Å². The maximum Gasteiger partial charge on any atom is 0.0624 e. The summed E-state index contributed by atoms with van der Waals surface area (Å²) in [6.45, 7) is 0. The first-order valence-corrected chi connectivity index (χ1v) is 7.99. The molecule has 1 atom stereocenters. The lowest BCUT2D eigenvalue weighted by Crippen LogP contribution is -2.30. The van der Waals surface area contributed by atoms with Crippen LogP contribution in [-0.4, -0.2) is 13.1 Å². The fourth-order valence-electron chi connectivity index (χ4n) is 2.15. The standard InChI is InChI=1S/C16H16BrCl2N/c1-20-14(9-11-5-7-13(17)8-6-11)10-12-3-2-4-15(18)16(12)19/h2-8,14,20H,9-10H2,1H3. The quantitative estimate of drug-likeness (QED) is 0.767. The van der Waals surface area contributed by atoms with Crippen LogP contribution in [0, 0.1) is 0 Å². The Balaban J connectivity index is 2.09. The molecule has 0 spiro atoms. The smallest absolute Gasteiger partial charge is 0.0624 e. The number of nitrogens with one attached hydrogen (secondary N) is 1. The number of benzene rings is 2. The van der Waals surface area contributed by atoms with Gasteiger partial charge in [0.05, 0.1) is 10.0 Å². The molecular weight excluding hydrogens is 357 g/mol. The summed E-state index contributed by atoms with van der Waals surface area (Å²) in [5.41, 5.74) is 2.38. The monoisotopic (exact) mass is 371 g/mol. The van der Waals surface area contributed by atoms with E-state index in [2.05, 4.69) is 45.5 Å². The van der Waals surface area contributed by atoms with Gasteiger partial charge in [0.2, 0.25) is 0 Å². The number of hydrogen-bond donors (Lipinski definition) is 1. The Morgan fingerprint density at radius 2 is 1.75 bits per heavy atom. The average Bonchev–Trinajstić information content (AvgIpc) is 2.45. The van der Waals surface area contributed by atoms with Crippen LogP contribution in [0.1, 0.15) is 11.1 Å². The fourth-order valence-corrected chi connectivity index (χ4v) is 2.81. The molecule has 0 amide bonds. The molecule has 0 saturated heterocycles. The van der Waals surface area contributed by atoms with E-state index in [9.17, 15) is 0 Å². The molecule has 1 unspecified atom stereocenters. The van der Waals surface area contributed by atoms with Crippen molar-refractivity contribution in [1.29, 1.82) is 0 Å². The van der Waals surface area contributed by atoms with E-state index >= 15 is 0 Å². The summed E-state index contributed by atoms with van der Waals surface area (Å²) in [5, 5.41) is 4.62. The van der Waals surface area contributed by atoms with Gasteiger partial charge in [0.25, 0.3) is 0 Å².